The molecule has 110 valence electrons. The molecule has 0 aliphatic carbocycles. The van der Waals surface area contributed by atoms with Crippen LogP contribution in [0.2, 0.25) is 5.02 Å². The first kappa shape index (κ1) is 14.7. The van der Waals surface area contributed by atoms with Gasteiger partial charge in [-0.05, 0) is 36.9 Å². The van der Waals surface area contributed by atoms with E-state index in [9.17, 15) is 0 Å². The molecular formula is C19H16ClNO. The van der Waals surface area contributed by atoms with E-state index in [4.69, 9.17) is 22.8 Å². The molecular weight excluding hydrogens is 294 g/mol. The maximum absolute atomic E-state index is 6.12. The van der Waals surface area contributed by atoms with E-state index in [-0.39, 0.29) is 0 Å². The molecule has 2 nitrogen and oxygen atoms in total. The predicted octanol–water partition coefficient (Wildman–Crippen LogP) is 4.55. The lowest BCUT2D eigenvalue weighted by atomic mass is 10.0. The summed E-state index contributed by atoms with van der Waals surface area (Å²) in [6.07, 6.45) is 7.56. The van der Waals surface area contributed by atoms with E-state index in [1.54, 1.807) is 0 Å². The maximum Gasteiger partial charge on any atom is 0.136 e. The van der Waals surface area contributed by atoms with Gasteiger partial charge in [0, 0.05) is 28.8 Å². The Kier molecular flexibility index (Phi) is 4.20. The number of terminal acetylenes is 1. The molecule has 3 rings (SSSR count). The first-order chi connectivity index (χ1) is 10.7. The molecule has 0 fully saturated rings. The van der Waals surface area contributed by atoms with Gasteiger partial charge in [0.15, 0.2) is 0 Å². The second kappa shape index (κ2) is 6.27. The predicted molar refractivity (Wildman–Crippen MR) is 92.2 cm³/mol. The molecule has 0 aromatic heterocycles. The van der Waals surface area contributed by atoms with Gasteiger partial charge in [-0.3, -0.25) is 4.90 Å². The number of nitrogens with zero attached hydrogens (tertiary/aromatic N) is 1. The summed E-state index contributed by atoms with van der Waals surface area (Å²) in [5.41, 5.74) is 3.26. The van der Waals surface area contributed by atoms with Crippen LogP contribution in [0.4, 0.5) is 0 Å². The molecule has 0 spiro atoms. The van der Waals surface area contributed by atoms with Crippen LogP contribution in [0.3, 0.4) is 0 Å². The zero-order valence-electron chi connectivity index (χ0n) is 12.3. The number of ether oxygens (including phenoxy) is 1. The normalized spacial score (nSPS) is 12.5. The van der Waals surface area contributed by atoms with Crippen molar-refractivity contribution in [2.24, 2.45) is 0 Å². The second-order valence-electron chi connectivity index (χ2n) is 5.33. The fourth-order valence-electron chi connectivity index (χ4n) is 2.56. The fourth-order valence-corrected chi connectivity index (χ4v) is 2.72. The van der Waals surface area contributed by atoms with Crippen molar-refractivity contribution in [2.75, 3.05) is 20.1 Å². The third-order valence-electron chi connectivity index (χ3n) is 3.56. The van der Waals surface area contributed by atoms with Crippen molar-refractivity contribution in [1.82, 2.24) is 4.90 Å². The summed E-state index contributed by atoms with van der Waals surface area (Å²) in [5, 5.41) is 0.662. The zero-order valence-corrected chi connectivity index (χ0v) is 13.1. The minimum atomic E-state index is 0.600. The number of fused-ring (bicyclic) bond motifs is 2. The molecule has 0 amide bonds. The molecule has 0 saturated carbocycles. The lowest BCUT2D eigenvalue weighted by Gasteiger charge is -2.17. The van der Waals surface area contributed by atoms with Gasteiger partial charge in [-0.15, -0.1) is 6.42 Å². The fraction of sp³-hybridized carbons (Fsp3) is 0.158. The third kappa shape index (κ3) is 3.01. The Morgan fingerprint density at radius 1 is 1.18 bits per heavy atom. The van der Waals surface area contributed by atoms with Gasteiger partial charge in [-0.1, -0.05) is 35.7 Å². The molecule has 0 unspecified atom stereocenters. The molecule has 0 N–H and O–H groups in total. The minimum Gasteiger partial charge on any atom is -0.456 e. The van der Waals surface area contributed by atoms with Crippen LogP contribution >= 0.6 is 11.6 Å². The summed E-state index contributed by atoms with van der Waals surface area (Å²) < 4.78 is 6.06. The Bertz CT molecular complexity index is 773. The van der Waals surface area contributed by atoms with Gasteiger partial charge in [-0.2, -0.15) is 0 Å². The highest BCUT2D eigenvalue weighted by atomic mass is 35.5. The van der Waals surface area contributed by atoms with Crippen LogP contribution in [0.5, 0.6) is 11.5 Å². The standard InChI is InChI=1S/C19H16ClNO/c1-3-10-21(2)13-15-11-14-6-4-5-7-18(14)22-19-12-16(20)8-9-17(15)19/h1,4-9,11-12H,10,13H2,2H3. The lowest BCUT2D eigenvalue weighted by Crippen LogP contribution is -2.20. The minimum absolute atomic E-state index is 0.600. The molecule has 0 atom stereocenters. The molecule has 3 heteroatoms. The first-order valence-electron chi connectivity index (χ1n) is 7.07. The Balaban J connectivity index is 2.09. The van der Waals surface area contributed by atoms with E-state index < -0.39 is 0 Å². The largest absolute Gasteiger partial charge is 0.456 e. The van der Waals surface area contributed by atoms with Crippen LogP contribution in [0.25, 0.3) is 11.6 Å². The van der Waals surface area contributed by atoms with Crippen molar-refractivity contribution in [3.8, 4) is 23.8 Å². The zero-order chi connectivity index (χ0) is 15.5. The van der Waals surface area contributed by atoms with Crippen molar-refractivity contribution in [3.63, 3.8) is 0 Å². The van der Waals surface area contributed by atoms with Gasteiger partial charge in [0.05, 0.1) is 6.54 Å². The van der Waals surface area contributed by atoms with E-state index >= 15 is 0 Å². The number of halogens is 1. The molecule has 1 aliphatic rings. The highest BCUT2D eigenvalue weighted by molar-refractivity contribution is 6.30. The van der Waals surface area contributed by atoms with Crippen molar-refractivity contribution < 1.29 is 4.74 Å². The monoisotopic (exact) mass is 309 g/mol. The number of hydrogen-bond acceptors (Lipinski definition) is 2. The van der Waals surface area contributed by atoms with Gasteiger partial charge < -0.3 is 4.74 Å². The van der Waals surface area contributed by atoms with Crippen LogP contribution < -0.4 is 4.74 Å². The summed E-state index contributed by atoms with van der Waals surface area (Å²) in [7, 11) is 2.01. The van der Waals surface area contributed by atoms with Gasteiger partial charge >= 0.3 is 0 Å². The van der Waals surface area contributed by atoms with E-state index in [2.05, 4.69) is 16.9 Å². The molecule has 2 aromatic rings. The molecule has 2 aromatic carbocycles. The molecule has 1 aliphatic heterocycles. The molecule has 22 heavy (non-hydrogen) atoms. The number of rotatable bonds is 3. The van der Waals surface area contributed by atoms with Crippen molar-refractivity contribution in [2.45, 2.75) is 0 Å². The van der Waals surface area contributed by atoms with Crippen LogP contribution in [0.1, 0.15) is 11.1 Å². The lowest BCUT2D eigenvalue weighted by molar-refractivity contribution is 0.425. The van der Waals surface area contributed by atoms with E-state index in [1.165, 1.54) is 0 Å². The van der Waals surface area contributed by atoms with Crippen LogP contribution in [0, 0.1) is 12.3 Å². The van der Waals surface area contributed by atoms with Gasteiger partial charge in [0.2, 0.25) is 0 Å². The summed E-state index contributed by atoms with van der Waals surface area (Å²) in [5.74, 6) is 4.28. The Hall–Kier alpha value is -2.21. The van der Waals surface area contributed by atoms with E-state index in [1.807, 2.05) is 49.5 Å². The first-order valence-corrected chi connectivity index (χ1v) is 7.44. The highest BCUT2D eigenvalue weighted by Gasteiger charge is 2.17. The number of benzene rings is 2. The van der Waals surface area contributed by atoms with Gasteiger partial charge in [0.1, 0.15) is 11.5 Å². The number of hydrogen-bond donors (Lipinski definition) is 0. The molecule has 0 saturated heterocycles. The van der Waals surface area contributed by atoms with Crippen LogP contribution in [-0.2, 0) is 0 Å². The Labute approximate surface area is 136 Å². The topological polar surface area (TPSA) is 12.5 Å². The van der Waals surface area contributed by atoms with E-state index in [0.29, 0.717) is 11.6 Å². The smallest absolute Gasteiger partial charge is 0.136 e. The van der Waals surface area contributed by atoms with Crippen molar-refractivity contribution in [1.29, 1.82) is 0 Å². The SMILES string of the molecule is C#CCN(C)CC1=Cc2ccccc2Oc2cc(Cl)ccc21. The summed E-state index contributed by atoms with van der Waals surface area (Å²) in [6.45, 7) is 1.35. The second-order valence-corrected chi connectivity index (χ2v) is 5.76. The number of para-hydroxylation sites is 1. The average Bonchev–Trinajstić information content (AvgIpc) is 2.63. The average molecular weight is 310 g/mol. The summed E-state index contributed by atoms with van der Waals surface area (Å²) in [6, 6.07) is 13.7. The Morgan fingerprint density at radius 3 is 2.82 bits per heavy atom. The third-order valence-corrected chi connectivity index (χ3v) is 3.79. The molecule has 0 radical (unpaired) electrons. The molecule has 0 bridgehead atoms. The van der Waals surface area contributed by atoms with Crippen molar-refractivity contribution in [3.05, 3.63) is 58.6 Å². The van der Waals surface area contributed by atoms with Gasteiger partial charge in [0.25, 0.3) is 0 Å². The Morgan fingerprint density at radius 2 is 2.00 bits per heavy atom. The maximum atomic E-state index is 6.12. The summed E-state index contributed by atoms with van der Waals surface area (Å²) in [4.78, 5) is 2.10. The van der Waals surface area contributed by atoms with Gasteiger partial charge in [-0.25, -0.2) is 0 Å². The molecule has 1 heterocycles. The highest BCUT2D eigenvalue weighted by Crippen LogP contribution is 2.39. The quantitative estimate of drug-likeness (QED) is 0.771. The van der Waals surface area contributed by atoms with Crippen molar-refractivity contribution >= 4 is 23.3 Å². The summed E-state index contributed by atoms with van der Waals surface area (Å²) >= 11 is 6.12. The van der Waals surface area contributed by atoms with E-state index in [0.717, 1.165) is 34.7 Å². The van der Waals surface area contributed by atoms with Crippen LogP contribution in [0.15, 0.2) is 42.5 Å². The number of likely N-dealkylation sites (N-methyl/N-ethyl adjacent to an activating group) is 1. The van der Waals surface area contributed by atoms with Crippen LogP contribution in [-0.4, -0.2) is 25.0 Å².